The second-order valence-corrected chi connectivity index (χ2v) is 5.08. The molecule has 2 rings (SSSR count). The molecule has 2 aliphatic rings. The quantitative estimate of drug-likeness (QED) is 0.455. The molecule has 19 heavy (non-hydrogen) atoms. The van der Waals surface area contributed by atoms with Crippen molar-refractivity contribution in [3.8, 4) is 0 Å². The van der Waals surface area contributed by atoms with Crippen molar-refractivity contribution in [3.63, 3.8) is 0 Å². The van der Waals surface area contributed by atoms with Gasteiger partial charge in [0.15, 0.2) is 0 Å². The molecule has 4 atom stereocenters. The van der Waals surface area contributed by atoms with Gasteiger partial charge in [0.25, 0.3) is 0 Å². The first-order valence-corrected chi connectivity index (χ1v) is 6.56. The molecule has 1 aliphatic carbocycles. The van der Waals surface area contributed by atoms with Crippen LogP contribution in [0.3, 0.4) is 0 Å². The van der Waals surface area contributed by atoms with Crippen LogP contribution in [0.2, 0.25) is 0 Å². The monoisotopic (exact) mass is 268 g/mol. The lowest BCUT2D eigenvalue weighted by Crippen LogP contribution is -2.51. The van der Waals surface area contributed by atoms with Crippen molar-refractivity contribution < 1.29 is 19.4 Å². The van der Waals surface area contributed by atoms with E-state index < -0.39 is 23.7 Å². The summed E-state index contributed by atoms with van der Waals surface area (Å²) in [6, 6.07) is -0.452. The Bertz CT molecular complexity index is 398. The van der Waals surface area contributed by atoms with Crippen molar-refractivity contribution in [2.45, 2.75) is 37.5 Å². The first-order chi connectivity index (χ1) is 9.03. The Hall–Kier alpha value is -1.40. The zero-order valence-electron chi connectivity index (χ0n) is 11.0. The van der Waals surface area contributed by atoms with Crippen molar-refractivity contribution in [1.82, 2.24) is 10.6 Å². The lowest BCUT2D eigenvalue weighted by Gasteiger charge is -2.19. The molecule has 0 aromatic heterocycles. The highest BCUT2D eigenvalue weighted by Crippen LogP contribution is 2.45. The number of carbonyl (C=O) groups is 2. The Kier molecular flexibility index (Phi) is 3.91. The molecular weight excluding hydrogens is 248 g/mol. The zero-order valence-corrected chi connectivity index (χ0v) is 11.0. The van der Waals surface area contributed by atoms with E-state index in [-0.39, 0.29) is 18.4 Å². The summed E-state index contributed by atoms with van der Waals surface area (Å²) in [6.07, 6.45) is 2.04. The van der Waals surface area contributed by atoms with Crippen molar-refractivity contribution >= 4 is 11.9 Å². The number of rotatable bonds is 5. The number of aliphatic hydroxyl groups is 1. The van der Waals surface area contributed by atoms with Gasteiger partial charge in [0.2, 0.25) is 5.91 Å². The van der Waals surface area contributed by atoms with Gasteiger partial charge >= 0.3 is 5.97 Å². The molecule has 6 nitrogen and oxygen atoms in total. The Morgan fingerprint density at radius 1 is 1.63 bits per heavy atom. The summed E-state index contributed by atoms with van der Waals surface area (Å²) in [7, 11) is 0. The predicted octanol–water partition coefficient (Wildman–Crippen LogP) is -0.667. The highest BCUT2D eigenvalue weighted by atomic mass is 16.5. The van der Waals surface area contributed by atoms with Crippen LogP contribution in [0.5, 0.6) is 0 Å². The Morgan fingerprint density at radius 2 is 2.37 bits per heavy atom. The predicted molar refractivity (Wildman–Crippen MR) is 68.2 cm³/mol. The average Bonchev–Trinajstić information content (AvgIpc) is 2.92. The summed E-state index contributed by atoms with van der Waals surface area (Å²) < 4.78 is 5.01. The minimum absolute atomic E-state index is 0.0816. The van der Waals surface area contributed by atoms with Crippen LogP contribution >= 0.6 is 0 Å². The minimum Gasteiger partial charge on any atom is -0.464 e. The van der Waals surface area contributed by atoms with Crippen molar-refractivity contribution in [2.75, 3.05) is 13.2 Å². The van der Waals surface area contributed by atoms with Crippen molar-refractivity contribution in [3.05, 3.63) is 12.7 Å². The van der Waals surface area contributed by atoms with Gasteiger partial charge in [-0.1, -0.05) is 6.08 Å². The molecule has 2 fully saturated rings. The number of amides is 1. The Labute approximate surface area is 112 Å². The van der Waals surface area contributed by atoms with E-state index in [1.807, 2.05) is 0 Å². The number of hydrogen-bond donors (Lipinski definition) is 3. The highest BCUT2D eigenvalue weighted by Gasteiger charge is 2.61. The standard InChI is InChI=1S/C13H20N2O4/c1-3-8-6-13(8,12(18)19-4-2)15-11(17)10-5-9(16)7-14-10/h3,8-10,14,16H,1,4-7H2,2H3,(H,15,17)/t8-,9-,10+,13-/m1/s1. The second-order valence-electron chi connectivity index (χ2n) is 5.08. The van der Waals surface area contributed by atoms with Gasteiger partial charge in [-0.05, 0) is 19.8 Å². The molecule has 106 valence electrons. The van der Waals surface area contributed by atoms with Gasteiger partial charge < -0.3 is 20.5 Å². The summed E-state index contributed by atoms with van der Waals surface area (Å²) >= 11 is 0. The second kappa shape index (κ2) is 5.30. The number of aliphatic hydroxyl groups excluding tert-OH is 1. The fourth-order valence-corrected chi connectivity index (χ4v) is 2.49. The summed E-state index contributed by atoms with van der Waals surface area (Å²) in [5.41, 5.74) is -0.954. The van der Waals surface area contributed by atoms with E-state index in [0.29, 0.717) is 19.4 Å². The largest absolute Gasteiger partial charge is 0.464 e. The molecule has 0 bridgehead atoms. The number of ether oxygens (including phenoxy) is 1. The van der Waals surface area contributed by atoms with E-state index in [1.165, 1.54) is 0 Å². The normalized spacial score (nSPS) is 36.6. The van der Waals surface area contributed by atoms with Gasteiger partial charge in [-0.3, -0.25) is 4.79 Å². The van der Waals surface area contributed by atoms with Crippen LogP contribution in [0.25, 0.3) is 0 Å². The van der Waals surface area contributed by atoms with E-state index >= 15 is 0 Å². The third-order valence-electron chi connectivity index (χ3n) is 3.71. The molecule has 0 aromatic carbocycles. The maximum absolute atomic E-state index is 12.1. The van der Waals surface area contributed by atoms with Crippen LogP contribution in [0, 0.1) is 5.92 Å². The van der Waals surface area contributed by atoms with Crippen LogP contribution in [-0.4, -0.2) is 47.8 Å². The van der Waals surface area contributed by atoms with E-state index in [2.05, 4.69) is 17.2 Å². The van der Waals surface area contributed by atoms with Gasteiger partial charge in [0.05, 0.1) is 18.8 Å². The van der Waals surface area contributed by atoms with Gasteiger partial charge in [-0.2, -0.15) is 0 Å². The first-order valence-electron chi connectivity index (χ1n) is 6.56. The number of nitrogens with one attached hydrogen (secondary N) is 2. The number of esters is 1. The molecule has 1 saturated heterocycles. The lowest BCUT2D eigenvalue weighted by atomic mass is 10.1. The molecule has 0 radical (unpaired) electrons. The molecule has 1 heterocycles. The molecule has 3 N–H and O–H groups in total. The van der Waals surface area contributed by atoms with E-state index in [9.17, 15) is 14.7 Å². The van der Waals surface area contributed by atoms with Crippen LogP contribution in [0.15, 0.2) is 12.7 Å². The van der Waals surface area contributed by atoms with Gasteiger partial charge in [0.1, 0.15) is 5.54 Å². The molecule has 1 aliphatic heterocycles. The third-order valence-corrected chi connectivity index (χ3v) is 3.71. The van der Waals surface area contributed by atoms with E-state index in [1.54, 1.807) is 13.0 Å². The molecular formula is C13H20N2O4. The highest BCUT2D eigenvalue weighted by molar-refractivity contribution is 5.93. The zero-order chi connectivity index (χ0) is 14.0. The summed E-state index contributed by atoms with van der Waals surface area (Å²) in [5, 5.41) is 15.1. The maximum Gasteiger partial charge on any atom is 0.332 e. The average molecular weight is 268 g/mol. The summed E-state index contributed by atoms with van der Waals surface area (Å²) in [6.45, 7) is 6.07. The molecule has 1 saturated carbocycles. The maximum atomic E-state index is 12.1. The number of β-amino-alcohol motifs (C(OH)–C–C–N with tert-alkyl or cyclic N) is 1. The SMILES string of the molecule is C=C[C@@H]1C[C@]1(NC(=O)[C@@H]1C[C@@H](O)CN1)C(=O)OCC. The van der Waals surface area contributed by atoms with E-state index in [0.717, 1.165) is 0 Å². The fraction of sp³-hybridized carbons (Fsp3) is 0.692. The van der Waals surface area contributed by atoms with E-state index in [4.69, 9.17) is 4.74 Å². The van der Waals surface area contributed by atoms with Crippen LogP contribution < -0.4 is 10.6 Å². The lowest BCUT2D eigenvalue weighted by molar-refractivity contribution is -0.149. The third kappa shape index (κ3) is 2.64. The van der Waals surface area contributed by atoms with Crippen LogP contribution in [0.1, 0.15) is 19.8 Å². The van der Waals surface area contributed by atoms with Crippen LogP contribution in [0.4, 0.5) is 0 Å². The molecule has 0 unspecified atom stereocenters. The van der Waals surface area contributed by atoms with Crippen molar-refractivity contribution in [1.29, 1.82) is 0 Å². The molecule has 1 amide bonds. The Balaban J connectivity index is 2.00. The molecule has 0 spiro atoms. The number of hydrogen-bond acceptors (Lipinski definition) is 5. The van der Waals surface area contributed by atoms with Crippen molar-refractivity contribution in [2.24, 2.45) is 5.92 Å². The smallest absolute Gasteiger partial charge is 0.332 e. The first kappa shape index (κ1) is 14.0. The fourth-order valence-electron chi connectivity index (χ4n) is 2.49. The van der Waals surface area contributed by atoms with Gasteiger partial charge in [0, 0.05) is 12.5 Å². The van der Waals surface area contributed by atoms with Crippen LogP contribution in [-0.2, 0) is 14.3 Å². The minimum atomic E-state index is -0.954. The summed E-state index contributed by atoms with van der Waals surface area (Å²) in [5.74, 6) is -0.762. The number of carbonyl (C=O) groups excluding carboxylic acids is 2. The topological polar surface area (TPSA) is 87.7 Å². The Morgan fingerprint density at radius 3 is 2.84 bits per heavy atom. The summed E-state index contributed by atoms with van der Waals surface area (Å²) in [4.78, 5) is 24.0. The molecule has 6 heteroatoms. The molecule has 0 aromatic rings. The van der Waals surface area contributed by atoms with Gasteiger partial charge in [-0.15, -0.1) is 6.58 Å². The van der Waals surface area contributed by atoms with Gasteiger partial charge in [-0.25, -0.2) is 4.79 Å².